The van der Waals surface area contributed by atoms with Gasteiger partial charge >= 0.3 is 5.69 Å². The molecule has 2 heterocycles. The van der Waals surface area contributed by atoms with E-state index in [0.717, 1.165) is 0 Å². The molecule has 0 aromatic carbocycles. The van der Waals surface area contributed by atoms with Crippen molar-refractivity contribution in [3.05, 3.63) is 25.6 Å². The predicted octanol–water partition coefficient (Wildman–Crippen LogP) is 0.656. The van der Waals surface area contributed by atoms with Gasteiger partial charge in [-0.3, -0.25) is 14.8 Å². The lowest BCUT2D eigenvalue weighted by molar-refractivity contribution is 0.604. The fraction of sp³-hybridized carbons (Fsp3) is 0.375. The number of nitrogens with one attached hydrogen (secondary N) is 3. The van der Waals surface area contributed by atoms with Gasteiger partial charge in [0.15, 0.2) is 4.77 Å². The molecule has 0 aliphatic carbocycles. The van der Waals surface area contributed by atoms with E-state index in [1.165, 1.54) is 0 Å². The summed E-state index contributed by atoms with van der Waals surface area (Å²) in [5, 5.41) is 0. The number of aromatic nitrogens is 4. The monoisotopic (exact) mass is 226 g/mol. The molecule has 0 bridgehead atoms. The normalized spacial score (nSPS) is 11.4. The minimum Gasteiger partial charge on any atom is -0.325 e. The fourth-order valence-corrected chi connectivity index (χ4v) is 1.94. The van der Waals surface area contributed by atoms with Gasteiger partial charge in [0.25, 0.3) is 5.56 Å². The zero-order valence-corrected chi connectivity index (χ0v) is 9.07. The van der Waals surface area contributed by atoms with E-state index in [4.69, 9.17) is 12.2 Å². The minimum atomic E-state index is -0.532. The second kappa shape index (κ2) is 3.20. The molecule has 0 saturated heterocycles. The second-order valence-corrected chi connectivity index (χ2v) is 3.91. The van der Waals surface area contributed by atoms with Crippen molar-refractivity contribution in [1.82, 2.24) is 19.5 Å². The van der Waals surface area contributed by atoms with Crippen LogP contribution >= 0.6 is 12.2 Å². The van der Waals surface area contributed by atoms with E-state index in [1.54, 1.807) is 4.57 Å². The fourth-order valence-electron chi connectivity index (χ4n) is 1.53. The van der Waals surface area contributed by atoms with Gasteiger partial charge in [0.05, 0.1) is 0 Å². The van der Waals surface area contributed by atoms with Crippen LogP contribution in [-0.4, -0.2) is 19.5 Å². The first kappa shape index (κ1) is 9.91. The van der Waals surface area contributed by atoms with Crippen LogP contribution in [0.15, 0.2) is 9.59 Å². The first-order valence-corrected chi connectivity index (χ1v) is 4.88. The molecule has 0 amide bonds. The molecule has 0 saturated carbocycles. The van der Waals surface area contributed by atoms with Crippen molar-refractivity contribution in [2.24, 2.45) is 0 Å². The lowest BCUT2D eigenvalue weighted by Gasteiger charge is -2.06. The lowest BCUT2D eigenvalue weighted by atomic mass is 10.4. The SMILES string of the molecule is CC(C)n1c(=S)[nH]c2c(=O)[nH]c(=O)[nH]c21. The Morgan fingerprint density at radius 1 is 1.20 bits per heavy atom. The predicted molar refractivity (Wildman–Crippen MR) is 58.7 cm³/mol. The van der Waals surface area contributed by atoms with Crippen molar-refractivity contribution in [3.8, 4) is 0 Å². The molecule has 2 aromatic heterocycles. The number of aromatic amines is 3. The average molecular weight is 226 g/mol. The van der Waals surface area contributed by atoms with Crippen LogP contribution < -0.4 is 11.2 Å². The summed E-state index contributed by atoms with van der Waals surface area (Å²) in [6.45, 7) is 3.84. The lowest BCUT2D eigenvalue weighted by Crippen LogP contribution is -2.22. The molecule has 2 rings (SSSR count). The Labute approximate surface area is 89.0 Å². The van der Waals surface area contributed by atoms with E-state index >= 15 is 0 Å². The molecule has 0 aliphatic rings. The van der Waals surface area contributed by atoms with Gasteiger partial charge in [-0.1, -0.05) is 0 Å². The minimum absolute atomic E-state index is 0.0729. The molecule has 15 heavy (non-hydrogen) atoms. The third-order valence-electron chi connectivity index (χ3n) is 2.13. The summed E-state index contributed by atoms with van der Waals surface area (Å²) >= 11 is 5.06. The van der Waals surface area contributed by atoms with Crippen LogP contribution in [0.2, 0.25) is 0 Å². The Morgan fingerprint density at radius 2 is 1.87 bits per heavy atom. The Morgan fingerprint density at radius 3 is 2.47 bits per heavy atom. The van der Waals surface area contributed by atoms with E-state index in [1.807, 2.05) is 13.8 Å². The Kier molecular flexibility index (Phi) is 2.11. The van der Waals surface area contributed by atoms with Crippen LogP contribution in [0, 0.1) is 4.77 Å². The van der Waals surface area contributed by atoms with Crippen LogP contribution in [0.3, 0.4) is 0 Å². The summed E-state index contributed by atoms with van der Waals surface area (Å²) < 4.78 is 2.12. The molecular formula is C8H10N4O2S. The number of imidazole rings is 1. The van der Waals surface area contributed by atoms with Gasteiger partial charge in [-0.25, -0.2) is 4.79 Å². The molecule has 2 aromatic rings. The van der Waals surface area contributed by atoms with E-state index in [-0.39, 0.29) is 6.04 Å². The topological polar surface area (TPSA) is 86.4 Å². The van der Waals surface area contributed by atoms with Crippen molar-refractivity contribution in [2.75, 3.05) is 0 Å². The molecule has 6 nitrogen and oxygen atoms in total. The van der Waals surface area contributed by atoms with Crippen molar-refractivity contribution in [3.63, 3.8) is 0 Å². The van der Waals surface area contributed by atoms with Gasteiger partial charge in [-0.05, 0) is 26.1 Å². The zero-order valence-electron chi connectivity index (χ0n) is 8.25. The third-order valence-corrected chi connectivity index (χ3v) is 2.43. The highest BCUT2D eigenvalue weighted by Crippen LogP contribution is 2.12. The van der Waals surface area contributed by atoms with Gasteiger partial charge in [0.1, 0.15) is 11.2 Å². The van der Waals surface area contributed by atoms with Gasteiger partial charge in [-0.2, -0.15) is 0 Å². The summed E-state index contributed by atoms with van der Waals surface area (Å²) in [7, 11) is 0. The maximum absolute atomic E-state index is 11.4. The molecule has 3 N–H and O–H groups in total. The van der Waals surface area contributed by atoms with Crippen LogP contribution in [0.25, 0.3) is 11.2 Å². The second-order valence-electron chi connectivity index (χ2n) is 3.53. The first-order valence-electron chi connectivity index (χ1n) is 4.47. The van der Waals surface area contributed by atoms with E-state index in [9.17, 15) is 9.59 Å². The van der Waals surface area contributed by atoms with Crippen LogP contribution in [0.1, 0.15) is 19.9 Å². The smallest absolute Gasteiger partial charge is 0.325 e. The van der Waals surface area contributed by atoms with Crippen molar-refractivity contribution < 1.29 is 0 Å². The van der Waals surface area contributed by atoms with Gasteiger partial charge in [-0.15, -0.1) is 0 Å². The Bertz CT molecular complexity index is 672. The Hall–Kier alpha value is -1.63. The summed E-state index contributed by atoms with van der Waals surface area (Å²) in [6, 6.07) is 0.0729. The first-order chi connectivity index (χ1) is 7.00. The van der Waals surface area contributed by atoms with Crippen LogP contribution in [0.5, 0.6) is 0 Å². The highest BCUT2D eigenvalue weighted by molar-refractivity contribution is 7.71. The van der Waals surface area contributed by atoms with Crippen LogP contribution in [-0.2, 0) is 0 Å². The van der Waals surface area contributed by atoms with Crippen molar-refractivity contribution >= 4 is 23.4 Å². The standard InChI is InChI=1S/C8H10N4O2S/c1-3(2)12-5-4(9-8(12)15)6(13)11-7(14)10-5/h3H,1-2H3,(H,9,15)(H2,10,11,13,14). The number of H-pyrrole nitrogens is 3. The maximum atomic E-state index is 11.4. The van der Waals surface area contributed by atoms with Crippen LogP contribution in [0.4, 0.5) is 0 Å². The quantitative estimate of drug-likeness (QED) is 0.624. The zero-order chi connectivity index (χ0) is 11.2. The number of nitrogens with zero attached hydrogens (tertiary/aromatic N) is 1. The third kappa shape index (κ3) is 1.44. The highest BCUT2D eigenvalue weighted by Gasteiger charge is 2.10. The molecule has 0 radical (unpaired) electrons. The highest BCUT2D eigenvalue weighted by atomic mass is 32.1. The Balaban J connectivity index is 3.06. The molecule has 0 atom stereocenters. The van der Waals surface area contributed by atoms with E-state index in [0.29, 0.717) is 15.9 Å². The maximum Gasteiger partial charge on any atom is 0.327 e. The summed E-state index contributed by atoms with van der Waals surface area (Å²) in [6.07, 6.45) is 0. The molecule has 0 fully saturated rings. The molecule has 80 valence electrons. The van der Waals surface area contributed by atoms with Crippen molar-refractivity contribution in [1.29, 1.82) is 0 Å². The van der Waals surface area contributed by atoms with E-state index in [2.05, 4.69) is 15.0 Å². The number of fused-ring (bicyclic) bond motifs is 1. The summed E-state index contributed by atoms with van der Waals surface area (Å²) in [4.78, 5) is 30.0. The molecule has 0 spiro atoms. The van der Waals surface area contributed by atoms with Gasteiger partial charge in [0, 0.05) is 6.04 Å². The molecule has 0 aliphatic heterocycles. The van der Waals surface area contributed by atoms with Gasteiger partial charge < -0.3 is 9.55 Å². The number of rotatable bonds is 1. The molecular weight excluding hydrogens is 216 g/mol. The van der Waals surface area contributed by atoms with Gasteiger partial charge in [0.2, 0.25) is 0 Å². The number of hydrogen-bond acceptors (Lipinski definition) is 3. The number of hydrogen-bond donors (Lipinski definition) is 3. The van der Waals surface area contributed by atoms with E-state index < -0.39 is 11.2 Å². The summed E-state index contributed by atoms with van der Waals surface area (Å²) in [5.41, 5.74) is -0.257. The molecule has 0 unspecified atom stereocenters. The van der Waals surface area contributed by atoms with Crippen molar-refractivity contribution in [2.45, 2.75) is 19.9 Å². The summed E-state index contributed by atoms with van der Waals surface area (Å²) in [5.74, 6) is 0. The molecule has 7 heteroatoms. The average Bonchev–Trinajstić information content (AvgIpc) is 2.41. The largest absolute Gasteiger partial charge is 0.327 e.